The number of rotatable bonds is 1. The number of carbonyl (C=O) groups is 1. The molecule has 1 N–H and O–H groups in total. The average molecular weight is 204 g/mol. The number of hydrogen-bond donors (Lipinski definition) is 1. The third kappa shape index (κ3) is 2.15. The molecule has 1 aromatic heterocycles. The Kier molecular flexibility index (Phi) is 2.67. The van der Waals surface area contributed by atoms with Gasteiger partial charge >= 0.3 is 0 Å². The van der Waals surface area contributed by atoms with Gasteiger partial charge in [0.25, 0.3) is 5.91 Å². The van der Waals surface area contributed by atoms with Crippen molar-refractivity contribution in [2.75, 3.05) is 13.1 Å². The van der Waals surface area contributed by atoms with Crippen molar-refractivity contribution in [2.24, 2.45) is 0 Å². The minimum Gasteiger partial charge on any atom is -0.333 e. The predicted octanol–water partition coefficient (Wildman–Crippen LogP) is 0.777. The number of aromatic amines is 1. The molecule has 78 valence electrons. The monoisotopic (exact) mass is 204 g/mol. The van der Waals surface area contributed by atoms with Gasteiger partial charge in [0, 0.05) is 19.2 Å². The molecule has 1 aliphatic heterocycles. The first-order valence-corrected chi connectivity index (χ1v) is 4.91. The lowest BCUT2D eigenvalue weighted by Crippen LogP contribution is -2.35. The zero-order valence-electron chi connectivity index (χ0n) is 8.27. The Labute approximate surface area is 87.2 Å². The minimum absolute atomic E-state index is 0.114. The molecule has 0 atom stereocenters. The summed E-state index contributed by atoms with van der Waals surface area (Å²) in [7, 11) is 0. The van der Waals surface area contributed by atoms with Gasteiger partial charge < -0.3 is 9.88 Å². The van der Waals surface area contributed by atoms with E-state index in [2.05, 4.69) is 11.1 Å². The van der Waals surface area contributed by atoms with Crippen LogP contribution in [0.4, 0.5) is 0 Å². The number of carbonyl (C=O) groups excluding carboxylic acids is 1. The van der Waals surface area contributed by atoms with Gasteiger partial charge in [0.15, 0.2) is 0 Å². The summed E-state index contributed by atoms with van der Waals surface area (Å²) in [5.74, 6) is -0.114. The summed E-state index contributed by atoms with van der Waals surface area (Å²) in [4.78, 5) is 27.2. The van der Waals surface area contributed by atoms with E-state index in [1.165, 1.54) is 6.07 Å². The van der Waals surface area contributed by atoms with Crippen molar-refractivity contribution in [1.82, 2.24) is 9.88 Å². The second kappa shape index (κ2) is 4.13. The third-order valence-electron chi connectivity index (χ3n) is 2.34. The fourth-order valence-corrected chi connectivity index (χ4v) is 1.57. The van der Waals surface area contributed by atoms with Crippen LogP contribution in [-0.2, 0) is 0 Å². The van der Waals surface area contributed by atoms with E-state index in [0.717, 1.165) is 6.42 Å². The maximum atomic E-state index is 11.9. The number of nitrogens with zero attached hydrogens (tertiary/aromatic N) is 1. The van der Waals surface area contributed by atoms with Crippen LogP contribution in [0.3, 0.4) is 0 Å². The van der Waals surface area contributed by atoms with Gasteiger partial charge in [-0.25, -0.2) is 0 Å². The number of hydrogen-bond acceptors (Lipinski definition) is 2. The van der Waals surface area contributed by atoms with E-state index < -0.39 is 0 Å². The highest BCUT2D eigenvalue weighted by atomic mass is 16.2. The summed E-state index contributed by atoms with van der Waals surface area (Å²) in [5.41, 5.74) is 0.117. The normalized spacial score (nSPS) is 15.3. The van der Waals surface area contributed by atoms with Crippen LogP contribution in [0, 0.1) is 0 Å². The van der Waals surface area contributed by atoms with Gasteiger partial charge in [-0.2, -0.15) is 0 Å². The van der Waals surface area contributed by atoms with E-state index in [1.807, 2.05) is 6.08 Å². The molecular formula is C11H12N2O2. The second-order valence-corrected chi connectivity index (χ2v) is 3.44. The van der Waals surface area contributed by atoms with Crippen molar-refractivity contribution in [3.8, 4) is 0 Å². The van der Waals surface area contributed by atoms with Gasteiger partial charge in [0.2, 0.25) is 5.56 Å². The molecule has 0 aromatic carbocycles. The van der Waals surface area contributed by atoms with E-state index in [-0.39, 0.29) is 11.5 Å². The van der Waals surface area contributed by atoms with E-state index in [0.29, 0.717) is 18.8 Å². The number of nitrogens with one attached hydrogen (secondary N) is 1. The van der Waals surface area contributed by atoms with Gasteiger partial charge in [-0.15, -0.1) is 0 Å². The minimum atomic E-state index is -0.242. The number of H-pyrrole nitrogens is 1. The highest BCUT2D eigenvalue weighted by Gasteiger charge is 2.15. The molecule has 1 amide bonds. The van der Waals surface area contributed by atoms with Gasteiger partial charge in [-0.05, 0) is 12.5 Å². The predicted molar refractivity (Wildman–Crippen MR) is 56.7 cm³/mol. The second-order valence-electron chi connectivity index (χ2n) is 3.44. The van der Waals surface area contributed by atoms with Crippen LogP contribution in [0.1, 0.15) is 16.9 Å². The SMILES string of the molecule is O=C(c1cccc(=O)[nH]1)N1CC=CCC1. The van der Waals surface area contributed by atoms with Crippen molar-refractivity contribution in [2.45, 2.75) is 6.42 Å². The Morgan fingerprint density at radius 3 is 2.87 bits per heavy atom. The largest absolute Gasteiger partial charge is 0.333 e. The Hall–Kier alpha value is -1.84. The first-order chi connectivity index (χ1) is 7.27. The molecule has 0 saturated heterocycles. The Morgan fingerprint density at radius 2 is 2.20 bits per heavy atom. The zero-order valence-corrected chi connectivity index (χ0v) is 8.27. The van der Waals surface area contributed by atoms with Crippen LogP contribution in [0.25, 0.3) is 0 Å². The Morgan fingerprint density at radius 1 is 1.33 bits per heavy atom. The fourth-order valence-electron chi connectivity index (χ4n) is 1.57. The summed E-state index contributed by atoms with van der Waals surface area (Å²) in [5, 5.41) is 0. The zero-order chi connectivity index (χ0) is 10.7. The standard InChI is InChI=1S/C11H12N2O2/c14-10-6-4-5-9(12-10)11(15)13-7-2-1-3-8-13/h1-2,4-6H,3,7-8H2,(H,12,14). The Bertz CT molecular complexity index is 448. The van der Waals surface area contributed by atoms with Crippen LogP contribution in [0.5, 0.6) is 0 Å². The number of amides is 1. The topological polar surface area (TPSA) is 53.2 Å². The molecular weight excluding hydrogens is 192 g/mol. The number of pyridine rings is 1. The molecule has 1 aromatic rings. The fraction of sp³-hybridized carbons (Fsp3) is 0.273. The lowest BCUT2D eigenvalue weighted by Gasteiger charge is -2.22. The molecule has 1 aliphatic rings. The van der Waals surface area contributed by atoms with Crippen LogP contribution >= 0.6 is 0 Å². The molecule has 0 spiro atoms. The maximum Gasteiger partial charge on any atom is 0.270 e. The molecule has 2 heterocycles. The molecule has 4 nitrogen and oxygen atoms in total. The molecule has 15 heavy (non-hydrogen) atoms. The smallest absolute Gasteiger partial charge is 0.270 e. The first kappa shape index (κ1) is 9.71. The molecule has 2 rings (SSSR count). The highest BCUT2D eigenvalue weighted by Crippen LogP contribution is 2.05. The van der Waals surface area contributed by atoms with Crippen LogP contribution in [-0.4, -0.2) is 28.9 Å². The van der Waals surface area contributed by atoms with Crippen molar-refractivity contribution in [3.05, 3.63) is 46.4 Å². The van der Waals surface area contributed by atoms with Crippen LogP contribution in [0.15, 0.2) is 35.1 Å². The summed E-state index contributed by atoms with van der Waals surface area (Å²) < 4.78 is 0. The van der Waals surface area contributed by atoms with E-state index >= 15 is 0 Å². The third-order valence-corrected chi connectivity index (χ3v) is 2.34. The average Bonchev–Trinajstić information content (AvgIpc) is 2.29. The lowest BCUT2D eigenvalue weighted by molar-refractivity contribution is 0.0765. The molecule has 0 fully saturated rings. The molecule has 0 unspecified atom stereocenters. The van der Waals surface area contributed by atoms with Crippen molar-refractivity contribution in [3.63, 3.8) is 0 Å². The maximum absolute atomic E-state index is 11.9. The van der Waals surface area contributed by atoms with E-state index in [1.54, 1.807) is 17.0 Å². The van der Waals surface area contributed by atoms with E-state index in [9.17, 15) is 9.59 Å². The lowest BCUT2D eigenvalue weighted by atomic mass is 10.2. The van der Waals surface area contributed by atoms with Crippen molar-refractivity contribution in [1.29, 1.82) is 0 Å². The quantitative estimate of drug-likeness (QED) is 0.687. The van der Waals surface area contributed by atoms with Crippen LogP contribution < -0.4 is 5.56 Å². The van der Waals surface area contributed by atoms with E-state index in [4.69, 9.17) is 0 Å². The first-order valence-electron chi connectivity index (χ1n) is 4.91. The molecule has 4 heteroatoms. The summed E-state index contributed by atoms with van der Waals surface area (Å²) >= 11 is 0. The summed E-state index contributed by atoms with van der Waals surface area (Å²) in [6, 6.07) is 4.61. The molecule has 0 aliphatic carbocycles. The summed E-state index contributed by atoms with van der Waals surface area (Å²) in [6.07, 6.45) is 4.89. The van der Waals surface area contributed by atoms with Crippen molar-refractivity contribution < 1.29 is 4.79 Å². The molecule has 0 radical (unpaired) electrons. The van der Waals surface area contributed by atoms with Gasteiger partial charge in [0.1, 0.15) is 5.69 Å². The highest BCUT2D eigenvalue weighted by molar-refractivity contribution is 5.92. The van der Waals surface area contributed by atoms with Crippen molar-refractivity contribution >= 4 is 5.91 Å². The summed E-state index contributed by atoms with van der Waals surface area (Å²) in [6.45, 7) is 1.34. The molecule has 0 bridgehead atoms. The van der Waals surface area contributed by atoms with Crippen LogP contribution in [0.2, 0.25) is 0 Å². The number of aromatic nitrogens is 1. The Balaban J connectivity index is 2.20. The molecule has 0 saturated carbocycles. The van der Waals surface area contributed by atoms with Gasteiger partial charge in [0.05, 0.1) is 0 Å². The van der Waals surface area contributed by atoms with Gasteiger partial charge in [-0.3, -0.25) is 9.59 Å². The van der Waals surface area contributed by atoms with Gasteiger partial charge in [-0.1, -0.05) is 18.2 Å².